The van der Waals surface area contributed by atoms with Gasteiger partial charge in [-0.05, 0) is 37.9 Å². The zero-order valence-corrected chi connectivity index (χ0v) is 17.9. The van der Waals surface area contributed by atoms with Gasteiger partial charge < -0.3 is 5.32 Å². The predicted octanol–water partition coefficient (Wildman–Crippen LogP) is 2.82. The molecule has 30 heavy (non-hydrogen) atoms. The molecule has 1 atom stereocenters. The topological polar surface area (TPSA) is 48.7 Å². The van der Waals surface area contributed by atoms with Gasteiger partial charge in [0.2, 0.25) is 0 Å². The molecule has 0 aliphatic carbocycles. The molecule has 1 aromatic carbocycles. The van der Waals surface area contributed by atoms with E-state index in [0.29, 0.717) is 5.92 Å². The first-order valence-corrected chi connectivity index (χ1v) is 11.3. The third-order valence-electron chi connectivity index (χ3n) is 6.57. The Balaban J connectivity index is 1.35. The van der Waals surface area contributed by atoms with Crippen molar-refractivity contribution in [2.75, 3.05) is 39.3 Å². The largest absolute Gasteiger partial charge is 0.314 e. The van der Waals surface area contributed by atoms with E-state index in [2.05, 4.69) is 64.6 Å². The van der Waals surface area contributed by atoms with Gasteiger partial charge in [0.25, 0.3) is 0 Å². The fraction of sp³-hybridized carbons (Fsp3) is 0.500. The van der Waals surface area contributed by atoms with Crippen molar-refractivity contribution >= 4 is 5.65 Å². The average molecular weight is 405 g/mol. The summed E-state index contributed by atoms with van der Waals surface area (Å²) < 4.78 is 1.97. The van der Waals surface area contributed by atoms with E-state index in [-0.39, 0.29) is 0 Å². The Kier molecular flexibility index (Phi) is 5.79. The fourth-order valence-corrected chi connectivity index (χ4v) is 4.89. The summed E-state index contributed by atoms with van der Waals surface area (Å²) >= 11 is 0. The van der Waals surface area contributed by atoms with Crippen LogP contribution in [0.1, 0.15) is 41.3 Å². The molecule has 0 amide bonds. The lowest BCUT2D eigenvalue weighted by molar-refractivity contribution is 0.198. The number of aromatic nitrogens is 3. The minimum Gasteiger partial charge on any atom is -0.314 e. The molecule has 5 rings (SSSR count). The third-order valence-corrected chi connectivity index (χ3v) is 6.57. The molecular weight excluding hydrogens is 372 g/mol. The fourth-order valence-electron chi connectivity index (χ4n) is 4.89. The van der Waals surface area contributed by atoms with Crippen LogP contribution in [0.25, 0.3) is 5.65 Å². The van der Waals surface area contributed by atoms with Gasteiger partial charge in [-0.2, -0.15) is 5.10 Å². The smallest absolute Gasteiger partial charge is 0.159 e. The molecule has 2 aliphatic heterocycles. The Hall–Kier alpha value is -2.28. The number of hydrogen-bond acceptors (Lipinski definition) is 5. The molecule has 4 heterocycles. The maximum atomic E-state index is 5.16. The van der Waals surface area contributed by atoms with Crippen molar-refractivity contribution < 1.29 is 0 Å². The number of piperidine rings is 1. The van der Waals surface area contributed by atoms with E-state index >= 15 is 0 Å². The number of nitrogens with zero attached hydrogens (tertiary/aromatic N) is 5. The zero-order chi connectivity index (χ0) is 20.3. The van der Waals surface area contributed by atoms with Crippen LogP contribution in [0.15, 0.2) is 42.6 Å². The molecule has 6 nitrogen and oxygen atoms in total. The molecular formula is C24H32N6. The van der Waals surface area contributed by atoms with E-state index < -0.39 is 0 Å². The van der Waals surface area contributed by atoms with Gasteiger partial charge in [0.05, 0.1) is 5.69 Å². The van der Waals surface area contributed by atoms with Crippen molar-refractivity contribution in [1.82, 2.24) is 29.7 Å². The number of nitrogens with one attached hydrogen (secondary N) is 1. The van der Waals surface area contributed by atoms with E-state index in [0.717, 1.165) is 57.2 Å². The van der Waals surface area contributed by atoms with E-state index in [1.54, 1.807) is 0 Å². The van der Waals surface area contributed by atoms with Crippen molar-refractivity contribution in [2.45, 2.75) is 38.8 Å². The minimum absolute atomic E-state index is 0.495. The Morgan fingerprint density at radius 3 is 2.67 bits per heavy atom. The van der Waals surface area contributed by atoms with Gasteiger partial charge in [0.1, 0.15) is 0 Å². The lowest BCUT2D eigenvalue weighted by Gasteiger charge is -2.32. The number of piperazine rings is 1. The molecule has 0 radical (unpaired) electrons. The van der Waals surface area contributed by atoms with Gasteiger partial charge in [0.15, 0.2) is 5.65 Å². The summed E-state index contributed by atoms with van der Waals surface area (Å²) in [4.78, 5) is 10.3. The standard InChI is InChI=1S/C24H32N6/c1-19-22(18-28-14-10-25-11-15-28)24-26-23(9-13-30(24)27-19)21-8-5-12-29(17-21)16-20-6-3-2-4-7-20/h2-4,6-7,9,13,21,25H,5,8,10-12,14-18H2,1H3. The van der Waals surface area contributed by atoms with Gasteiger partial charge >= 0.3 is 0 Å². The lowest BCUT2D eigenvalue weighted by atomic mass is 9.94. The molecule has 2 aliphatic rings. The predicted molar refractivity (Wildman–Crippen MR) is 120 cm³/mol. The number of benzene rings is 1. The van der Waals surface area contributed by atoms with Crippen LogP contribution in [0, 0.1) is 6.92 Å². The van der Waals surface area contributed by atoms with Crippen LogP contribution in [-0.4, -0.2) is 63.7 Å². The van der Waals surface area contributed by atoms with Crippen LogP contribution in [0.5, 0.6) is 0 Å². The van der Waals surface area contributed by atoms with Crippen LogP contribution in [0.2, 0.25) is 0 Å². The Morgan fingerprint density at radius 1 is 1.00 bits per heavy atom. The second kappa shape index (κ2) is 8.84. The second-order valence-electron chi connectivity index (χ2n) is 8.77. The summed E-state index contributed by atoms with van der Waals surface area (Å²) in [5, 5.41) is 8.17. The van der Waals surface area contributed by atoms with Crippen molar-refractivity contribution in [3.63, 3.8) is 0 Å². The van der Waals surface area contributed by atoms with Gasteiger partial charge in [0, 0.05) is 69.2 Å². The van der Waals surface area contributed by atoms with Crippen LogP contribution < -0.4 is 5.32 Å². The summed E-state index contributed by atoms with van der Waals surface area (Å²) in [6.45, 7) is 10.7. The molecule has 2 fully saturated rings. The Morgan fingerprint density at radius 2 is 1.83 bits per heavy atom. The molecule has 3 aromatic rings. The monoisotopic (exact) mass is 404 g/mol. The summed E-state index contributed by atoms with van der Waals surface area (Å²) in [7, 11) is 0. The highest BCUT2D eigenvalue weighted by Gasteiger charge is 2.24. The zero-order valence-electron chi connectivity index (χ0n) is 17.9. The number of rotatable bonds is 5. The minimum atomic E-state index is 0.495. The summed E-state index contributed by atoms with van der Waals surface area (Å²) in [6, 6.07) is 13.0. The van der Waals surface area contributed by atoms with Crippen molar-refractivity contribution in [2.24, 2.45) is 0 Å². The molecule has 0 bridgehead atoms. The van der Waals surface area contributed by atoms with Crippen LogP contribution in [-0.2, 0) is 13.1 Å². The second-order valence-corrected chi connectivity index (χ2v) is 8.77. The first kappa shape index (κ1) is 19.7. The summed E-state index contributed by atoms with van der Waals surface area (Å²) in [5.74, 6) is 0.495. The van der Waals surface area contributed by atoms with Crippen molar-refractivity contribution in [1.29, 1.82) is 0 Å². The normalized spacial score (nSPS) is 21.3. The first-order chi connectivity index (χ1) is 14.8. The Labute approximate surface area is 178 Å². The SMILES string of the molecule is Cc1nn2ccc(C3CCCN(Cc4ccccc4)C3)nc2c1CN1CCNCC1. The van der Waals surface area contributed by atoms with Gasteiger partial charge in [-0.25, -0.2) is 9.50 Å². The highest BCUT2D eigenvalue weighted by Crippen LogP contribution is 2.28. The van der Waals surface area contributed by atoms with E-state index in [1.165, 1.54) is 36.2 Å². The first-order valence-electron chi connectivity index (χ1n) is 11.3. The quantitative estimate of drug-likeness (QED) is 0.709. The van der Waals surface area contributed by atoms with Crippen molar-refractivity contribution in [3.05, 3.63) is 65.1 Å². The molecule has 1 N–H and O–H groups in total. The van der Waals surface area contributed by atoms with Crippen LogP contribution in [0.4, 0.5) is 0 Å². The lowest BCUT2D eigenvalue weighted by Crippen LogP contribution is -2.43. The van der Waals surface area contributed by atoms with Gasteiger partial charge in [-0.15, -0.1) is 0 Å². The molecule has 6 heteroatoms. The maximum Gasteiger partial charge on any atom is 0.159 e. The highest BCUT2D eigenvalue weighted by molar-refractivity contribution is 5.50. The molecule has 2 aromatic heterocycles. The summed E-state index contributed by atoms with van der Waals surface area (Å²) in [5.41, 5.74) is 6.06. The molecule has 1 unspecified atom stereocenters. The molecule has 0 spiro atoms. The number of aryl methyl sites for hydroxylation is 1. The van der Waals surface area contributed by atoms with E-state index in [4.69, 9.17) is 10.1 Å². The van der Waals surface area contributed by atoms with E-state index in [1.807, 2.05) is 4.52 Å². The number of likely N-dealkylation sites (tertiary alicyclic amines) is 1. The Bertz CT molecular complexity index is 976. The highest BCUT2D eigenvalue weighted by atomic mass is 15.3. The van der Waals surface area contributed by atoms with Crippen molar-refractivity contribution in [3.8, 4) is 0 Å². The van der Waals surface area contributed by atoms with Gasteiger partial charge in [-0.3, -0.25) is 9.80 Å². The maximum absolute atomic E-state index is 5.16. The average Bonchev–Trinajstić information content (AvgIpc) is 3.10. The summed E-state index contributed by atoms with van der Waals surface area (Å²) in [6.07, 6.45) is 4.56. The third kappa shape index (κ3) is 4.26. The van der Waals surface area contributed by atoms with E-state index in [9.17, 15) is 0 Å². The number of fused-ring (bicyclic) bond motifs is 1. The van der Waals surface area contributed by atoms with Crippen LogP contribution >= 0.6 is 0 Å². The molecule has 2 saturated heterocycles. The molecule has 0 saturated carbocycles. The van der Waals surface area contributed by atoms with Crippen LogP contribution in [0.3, 0.4) is 0 Å². The number of hydrogen-bond donors (Lipinski definition) is 1. The van der Waals surface area contributed by atoms with Gasteiger partial charge in [-0.1, -0.05) is 30.3 Å². The molecule has 158 valence electrons.